The normalized spacial score (nSPS) is 18.7. The summed E-state index contributed by atoms with van der Waals surface area (Å²) in [6, 6.07) is 7.47. The molecule has 27 heavy (non-hydrogen) atoms. The minimum Gasteiger partial charge on any atom is -0.337 e. The van der Waals surface area contributed by atoms with Crippen LogP contribution in [0.2, 0.25) is 0 Å². The molecule has 0 radical (unpaired) electrons. The van der Waals surface area contributed by atoms with Crippen LogP contribution in [-0.2, 0) is 13.0 Å². The van der Waals surface area contributed by atoms with E-state index in [0.29, 0.717) is 30.9 Å². The van der Waals surface area contributed by atoms with Gasteiger partial charge in [0.2, 0.25) is 0 Å². The molecule has 1 aromatic carbocycles. The van der Waals surface area contributed by atoms with E-state index in [1.165, 1.54) is 0 Å². The smallest absolute Gasteiger partial charge is 0.274 e. The fourth-order valence-electron chi connectivity index (χ4n) is 4.24. The van der Waals surface area contributed by atoms with Crippen LogP contribution in [0.15, 0.2) is 36.7 Å². The predicted octanol–water partition coefficient (Wildman–Crippen LogP) is 2.07. The molecule has 0 spiro atoms. The molecule has 2 aliphatic rings. The van der Waals surface area contributed by atoms with Crippen LogP contribution in [0.25, 0.3) is 5.65 Å². The lowest BCUT2D eigenvalue weighted by atomic mass is 9.87. The van der Waals surface area contributed by atoms with Crippen molar-refractivity contribution in [3.8, 4) is 0 Å². The molecule has 2 aliphatic heterocycles. The lowest BCUT2D eigenvalue weighted by Crippen LogP contribution is -2.39. The largest absolute Gasteiger partial charge is 0.337 e. The molecule has 2 amide bonds. The van der Waals surface area contributed by atoms with Gasteiger partial charge in [0.1, 0.15) is 0 Å². The van der Waals surface area contributed by atoms with Crippen LogP contribution >= 0.6 is 0 Å². The number of aromatic nitrogens is 3. The van der Waals surface area contributed by atoms with Gasteiger partial charge in [0.15, 0.2) is 11.3 Å². The molecule has 0 bridgehead atoms. The molecule has 0 aliphatic carbocycles. The maximum Gasteiger partial charge on any atom is 0.274 e. The van der Waals surface area contributed by atoms with Gasteiger partial charge in [0.25, 0.3) is 11.8 Å². The second kappa shape index (κ2) is 5.64. The summed E-state index contributed by atoms with van der Waals surface area (Å²) in [7, 11) is 1.83. The van der Waals surface area contributed by atoms with Gasteiger partial charge in [-0.2, -0.15) is 5.10 Å². The highest BCUT2D eigenvalue weighted by Gasteiger charge is 2.35. The standard InChI is InChI=1S/C20H19N5O2/c1-12-14-5-4-13-11-23(2)20(27)18(13)15(14)6-9-24(12)19(26)16-10-17-21-7-3-8-25(17)22-16/h3-5,7-8,10,12H,6,9,11H2,1-2H3. The van der Waals surface area contributed by atoms with Gasteiger partial charge >= 0.3 is 0 Å². The number of carbonyl (C=O) groups excluding carboxylic acids is 2. The maximum atomic E-state index is 13.1. The number of hydrogen-bond donors (Lipinski definition) is 0. The van der Waals surface area contributed by atoms with Crippen molar-refractivity contribution >= 4 is 17.5 Å². The van der Waals surface area contributed by atoms with Gasteiger partial charge in [-0.1, -0.05) is 12.1 Å². The second-order valence-corrected chi connectivity index (χ2v) is 7.21. The van der Waals surface area contributed by atoms with Crippen LogP contribution in [0.3, 0.4) is 0 Å². The fourth-order valence-corrected chi connectivity index (χ4v) is 4.24. The minimum atomic E-state index is -0.109. The topological polar surface area (TPSA) is 70.8 Å². The molecular formula is C20H19N5O2. The molecule has 0 saturated carbocycles. The van der Waals surface area contributed by atoms with Crippen molar-refractivity contribution in [3.63, 3.8) is 0 Å². The number of rotatable bonds is 1. The molecule has 2 aromatic heterocycles. The first-order valence-corrected chi connectivity index (χ1v) is 9.06. The van der Waals surface area contributed by atoms with Crippen molar-refractivity contribution in [2.24, 2.45) is 0 Å². The first-order valence-electron chi connectivity index (χ1n) is 9.06. The van der Waals surface area contributed by atoms with Gasteiger partial charge < -0.3 is 9.80 Å². The minimum absolute atomic E-state index is 0.0836. The lowest BCUT2D eigenvalue weighted by Gasteiger charge is -2.35. The monoisotopic (exact) mass is 361 g/mol. The summed E-state index contributed by atoms with van der Waals surface area (Å²) < 4.78 is 1.61. The van der Waals surface area contributed by atoms with Crippen LogP contribution in [-0.4, -0.2) is 49.8 Å². The summed E-state index contributed by atoms with van der Waals surface area (Å²) in [6.45, 7) is 3.24. The zero-order valence-electron chi connectivity index (χ0n) is 15.2. The highest BCUT2D eigenvalue weighted by atomic mass is 16.2. The third kappa shape index (κ3) is 2.27. The van der Waals surface area contributed by atoms with Crippen LogP contribution in [0.5, 0.6) is 0 Å². The molecule has 3 aromatic rings. The van der Waals surface area contributed by atoms with E-state index >= 15 is 0 Å². The first-order chi connectivity index (χ1) is 13.0. The quantitative estimate of drug-likeness (QED) is 0.665. The Bertz CT molecular complexity index is 1070. The highest BCUT2D eigenvalue weighted by molar-refractivity contribution is 6.00. The second-order valence-electron chi connectivity index (χ2n) is 7.21. The van der Waals surface area contributed by atoms with E-state index in [9.17, 15) is 9.59 Å². The SMILES string of the molecule is CC1c2ccc3c(c2CCN1C(=O)c1cc2ncccn2n1)C(=O)N(C)C3. The van der Waals surface area contributed by atoms with E-state index < -0.39 is 0 Å². The fraction of sp³-hybridized carbons (Fsp3) is 0.300. The summed E-state index contributed by atoms with van der Waals surface area (Å²) in [4.78, 5) is 33.4. The van der Waals surface area contributed by atoms with Crippen molar-refractivity contribution < 1.29 is 9.59 Å². The zero-order valence-corrected chi connectivity index (χ0v) is 15.2. The molecular weight excluding hydrogens is 342 g/mol. The molecule has 1 unspecified atom stereocenters. The number of amides is 2. The highest BCUT2D eigenvalue weighted by Crippen LogP contribution is 2.36. The third-order valence-electron chi connectivity index (χ3n) is 5.64. The average molecular weight is 361 g/mol. The Morgan fingerprint density at radius 3 is 2.96 bits per heavy atom. The van der Waals surface area contributed by atoms with Crippen molar-refractivity contribution in [2.45, 2.75) is 25.9 Å². The zero-order chi connectivity index (χ0) is 18.7. The van der Waals surface area contributed by atoms with E-state index in [-0.39, 0.29) is 17.9 Å². The number of carbonyl (C=O) groups is 2. The Hall–Kier alpha value is -3.22. The molecule has 5 rings (SSSR count). The van der Waals surface area contributed by atoms with Crippen molar-refractivity contribution in [3.05, 3.63) is 64.6 Å². The summed E-state index contributed by atoms with van der Waals surface area (Å²) in [5.74, 6) is -0.0251. The predicted molar refractivity (Wildman–Crippen MR) is 98.4 cm³/mol. The molecule has 0 fully saturated rings. The molecule has 4 heterocycles. The van der Waals surface area contributed by atoms with E-state index in [1.54, 1.807) is 33.9 Å². The van der Waals surface area contributed by atoms with Gasteiger partial charge in [-0.15, -0.1) is 0 Å². The van der Waals surface area contributed by atoms with Crippen LogP contribution in [0, 0.1) is 0 Å². The van der Waals surface area contributed by atoms with Gasteiger partial charge in [-0.05, 0) is 36.1 Å². The number of fused-ring (bicyclic) bond motifs is 4. The first kappa shape index (κ1) is 16.0. The van der Waals surface area contributed by atoms with Crippen LogP contribution in [0.1, 0.15) is 50.5 Å². The van der Waals surface area contributed by atoms with E-state index in [2.05, 4.69) is 16.1 Å². The maximum absolute atomic E-state index is 13.1. The number of benzene rings is 1. The lowest BCUT2D eigenvalue weighted by molar-refractivity contribution is 0.0671. The van der Waals surface area contributed by atoms with Crippen molar-refractivity contribution in [1.82, 2.24) is 24.4 Å². The van der Waals surface area contributed by atoms with Gasteiger partial charge in [-0.3, -0.25) is 9.59 Å². The van der Waals surface area contributed by atoms with Gasteiger partial charge in [0.05, 0.1) is 6.04 Å². The Morgan fingerprint density at radius 2 is 2.15 bits per heavy atom. The van der Waals surface area contributed by atoms with Gasteiger partial charge in [0, 0.05) is 44.2 Å². The Balaban J connectivity index is 1.51. The summed E-state index contributed by atoms with van der Waals surface area (Å²) in [5, 5.41) is 4.36. The van der Waals surface area contributed by atoms with E-state index in [1.807, 2.05) is 24.9 Å². The third-order valence-corrected chi connectivity index (χ3v) is 5.64. The molecule has 0 N–H and O–H groups in total. The Labute approximate surface area is 156 Å². The van der Waals surface area contributed by atoms with E-state index in [4.69, 9.17) is 0 Å². The Kier molecular flexibility index (Phi) is 3.34. The molecule has 136 valence electrons. The number of hydrogen-bond acceptors (Lipinski definition) is 4. The summed E-state index contributed by atoms with van der Waals surface area (Å²) >= 11 is 0. The Morgan fingerprint density at radius 1 is 1.30 bits per heavy atom. The van der Waals surface area contributed by atoms with Crippen LogP contribution in [0.4, 0.5) is 0 Å². The van der Waals surface area contributed by atoms with E-state index in [0.717, 1.165) is 22.3 Å². The van der Waals surface area contributed by atoms with Crippen LogP contribution < -0.4 is 0 Å². The summed E-state index contributed by atoms with van der Waals surface area (Å²) in [6.07, 6.45) is 4.14. The molecule has 0 saturated heterocycles. The molecule has 1 atom stereocenters. The number of nitrogens with zero attached hydrogens (tertiary/aromatic N) is 5. The average Bonchev–Trinajstić information content (AvgIpc) is 3.23. The van der Waals surface area contributed by atoms with Gasteiger partial charge in [-0.25, -0.2) is 9.50 Å². The molecule has 7 nitrogen and oxygen atoms in total. The summed E-state index contributed by atoms with van der Waals surface area (Å²) in [5.41, 5.74) is 5.11. The van der Waals surface area contributed by atoms with Crippen molar-refractivity contribution in [2.75, 3.05) is 13.6 Å². The molecule has 7 heteroatoms. The van der Waals surface area contributed by atoms with Crippen molar-refractivity contribution in [1.29, 1.82) is 0 Å².